The van der Waals surface area contributed by atoms with Crippen LogP contribution in [-0.2, 0) is 18.8 Å². The summed E-state index contributed by atoms with van der Waals surface area (Å²) in [4.78, 5) is 6.82. The average molecular weight is 354 g/mol. The molecule has 2 nitrogen and oxygen atoms in total. The number of hydrogen-bond donors (Lipinski definition) is 0. The van der Waals surface area contributed by atoms with Crippen LogP contribution in [-0.4, -0.2) is 12.0 Å². The van der Waals surface area contributed by atoms with Crippen molar-refractivity contribution in [3.05, 3.63) is 57.7 Å². The minimum Gasteiger partial charge on any atom is -0.355 e. The summed E-state index contributed by atoms with van der Waals surface area (Å²) in [6.07, 6.45) is 0.919. The van der Waals surface area contributed by atoms with E-state index in [-0.39, 0.29) is 0 Å². The van der Waals surface area contributed by atoms with Crippen molar-refractivity contribution in [2.45, 2.75) is 25.8 Å². The van der Waals surface area contributed by atoms with Gasteiger partial charge in [-0.2, -0.15) is 0 Å². The van der Waals surface area contributed by atoms with Crippen LogP contribution in [0.4, 0.5) is 5.82 Å². The van der Waals surface area contributed by atoms with Crippen LogP contribution >= 0.6 is 27.5 Å². The van der Waals surface area contributed by atoms with Crippen molar-refractivity contribution in [2.24, 2.45) is 0 Å². The molecule has 0 aliphatic rings. The standard InChI is InChI=1S/C16H18BrClN2/c1-3-15-8-13(10-18)9-16(19-15)20(2)11-12-5-4-6-14(17)7-12/h4-9H,3,10-11H2,1-2H3. The quantitative estimate of drug-likeness (QED) is 0.719. The number of pyridine rings is 1. The lowest BCUT2D eigenvalue weighted by Crippen LogP contribution is -2.18. The highest BCUT2D eigenvalue weighted by atomic mass is 79.9. The molecule has 1 aromatic heterocycles. The van der Waals surface area contributed by atoms with E-state index in [0.29, 0.717) is 5.88 Å². The van der Waals surface area contributed by atoms with Crippen LogP contribution in [0.1, 0.15) is 23.7 Å². The molecular weight excluding hydrogens is 336 g/mol. The second-order valence-electron chi connectivity index (χ2n) is 4.80. The van der Waals surface area contributed by atoms with E-state index in [1.54, 1.807) is 0 Å². The fourth-order valence-electron chi connectivity index (χ4n) is 2.08. The van der Waals surface area contributed by atoms with Gasteiger partial charge in [-0.1, -0.05) is 35.0 Å². The Labute approximate surface area is 133 Å². The van der Waals surface area contributed by atoms with Crippen LogP contribution in [0.25, 0.3) is 0 Å². The highest BCUT2D eigenvalue weighted by Gasteiger charge is 2.07. The third kappa shape index (κ3) is 3.97. The molecule has 0 spiro atoms. The topological polar surface area (TPSA) is 16.1 Å². The molecule has 106 valence electrons. The Morgan fingerprint density at radius 2 is 2.00 bits per heavy atom. The third-order valence-corrected chi connectivity index (χ3v) is 3.94. The zero-order chi connectivity index (χ0) is 14.5. The molecular formula is C16H18BrClN2. The Balaban J connectivity index is 2.22. The SMILES string of the molecule is CCc1cc(CCl)cc(N(C)Cc2cccc(Br)c2)n1. The fourth-order valence-corrected chi connectivity index (χ4v) is 2.68. The summed E-state index contributed by atoms with van der Waals surface area (Å²) in [5.74, 6) is 1.49. The van der Waals surface area contributed by atoms with E-state index >= 15 is 0 Å². The maximum Gasteiger partial charge on any atom is 0.129 e. The molecule has 1 aromatic carbocycles. The van der Waals surface area contributed by atoms with Crippen LogP contribution in [0.3, 0.4) is 0 Å². The predicted octanol–water partition coefficient (Wildman–Crippen LogP) is 4.78. The number of benzene rings is 1. The average Bonchev–Trinajstić information content (AvgIpc) is 2.46. The maximum atomic E-state index is 5.96. The van der Waals surface area contributed by atoms with Crippen molar-refractivity contribution in [1.82, 2.24) is 4.98 Å². The van der Waals surface area contributed by atoms with Crippen molar-refractivity contribution < 1.29 is 0 Å². The highest BCUT2D eigenvalue weighted by molar-refractivity contribution is 9.10. The van der Waals surface area contributed by atoms with Gasteiger partial charge in [0.15, 0.2) is 0 Å². The molecule has 0 atom stereocenters. The molecule has 0 unspecified atom stereocenters. The van der Waals surface area contributed by atoms with E-state index in [4.69, 9.17) is 11.6 Å². The van der Waals surface area contributed by atoms with Gasteiger partial charge in [-0.15, -0.1) is 11.6 Å². The summed E-state index contributed by atoms with van der Waals surface area (Å²) in [5.41, 5.74) is 3.45. The first-order chi connectivity index (χ1) is 9.62. The first-order valence-corrected chi connectivity index (χ1v) is 7.96. The van der Waals surface area contributed by atoms with Gasteiger partial charge in [0.1, 0.15) is 5.82 Å². The van der Waals surface area contributed by atoms with Crippen LogP contribution in [0.2, 0.25) is 0 Å². The summed E-state index contributed by atoms with van der Waals surface area (Å²) in [6, 6.07) is 12.5. The second kappa shape index (κ2) is 7.09. The van der Waals surface area contributed by atoms with Crippen LogP contribution in [0, 0.1) is 0 Å². The van der Waals surface area contributed by atoms with E-state index in [0.717, 1.165) is 34.5 Å². The molecule has 0 bridgehead atoms. The van der Waals surface area contributed by atoms with E-state index in [1.807, 2.05) is 12.1 Å². The molecule has 0 N–H and O–H groups in total. The zero-order valence-electron chi connectivity index (χ0n) is 11.7. The lowest BCUT2D eigenvalue weighted by Gasteiger charge is -2.20. The van der Waals surface area contributed by atoms with E-state index in [2.05, 4.69) is 64.1 Å². The fraction of sp³-hybridized carbons (Fsp3) is 0.312. The molecule has 0 aliphatic heterocycles. The molecule has 4 heteroatoms. The van der Waals surface area contributed by atoms with Crippen LogP contribution < -0.4 is 4.90 Å². The molecule has 0 radical (unpaired) electrons. The van der Waals surface area contributed by atoms with Gasteiger partial charge < -0.3 is 4.90 Å². The molecule has 0 saturated carbocycles. The third-order valence-electron chi connectivity index (χ3n) is 3.14. The van der Waals surface area contributed by atoms with Gasteiger partial charge in [-0.25, -0.2) is 4.98 Å². The first-order valence-electron chi connectivity index (χ1n) is 6.63. The minimum atomic E-state index is 0.521. The number of alkyl halides is 1. The summed E-state index contributed by atoms with van der Waals surface area (Å²) in [5, 5.41) is 0. The molecule has 0 fully saturated rings. The van der Waals surface area contributed by atoms with E-state index < -0.39 is 0 Å². The minimum absolute atomic E-state index is 0.521. The van der Waals surface area contributed by atoms with Crippen molar-refractivity contribution in [2.75, 3.05) is 11.9 Å². The Bertz CT molecular complexity index is 564. The largest absolute Gasteiger partial charge is 0.355 e. The van der Waals surface area contributed by atoms with Crippen LogP contribution in [0.5, 0.6) is 0 Å². The van der Waals surface area contributed by atoms with Gasteiger partial charge in [0.05, 0.1) is 0 Å². The lowest BCUT2D eigenvalue weighted by molar-refractivity contribution is 0.879. The van der Waals surface area contributed by atoms with Gasteiger partial charge in [0.25, 0.3) is 0 Å². The number of aryl methyl sites for hydroxylation is 1. The first kappa shape index (κ1) is 15.3. The molecule has 2 rings (SSSR count). The summed E-state index contributed by atoms with van der Waals surface area (Å²) in [6.45, 7) is 2.93. The molecule has 1 heterocycles. The van der Waals surface area contributed by atoms with Crippen molar-refractivity contribution in [1.29, 1.82) is 0 Å². The Morgan fingerprint density at radius 1 is 1.20 bits per heavy atom. The maximum absolute atomic E-state index is 5.96. The van der Waals surface area contributed by atoms with Gasteiger partial charge in [-0.05, 0) is 41.8 Å². The zero-order valence-corrected chi connectivity index (χ0v) is 14.1. The number of hydrogen-bond acceptors (Lipinski definition) is 2. The highest BCUT2D eigenvalue weighted by Crippen LogP contribution is 2.19. The summed E-state index contributed by atoms with van der Waals surface area (Å²) >= 11 is 9.46. The summed E-state index contributed by atoms with van der Waals surface area (Å²) in [7, 11) is 2.06. The van der Waals surface area contributed by atoms with Gasteiger partial charge in [0.2, 0.25) is 0 Å². The van der Waals surface area contributed by atoms with Gasteiger partial charge in [0, 0.05) is 29.6 Å². The van der Waals surface area contributed by atoms with Gasteiger partial charge in [-0.3, -0.25) is 0 Å². The second-order valence-corrected chi connectivity index (χ2v) is 5.98. The normalized spacial score (nSPS) is 10.6. The van der Waals surface area contributed by atoms with Crippen molar-refractivity contribution in [3.8, 4) is 0 Å². The number of nitrogens with zero attached hydrogens (tertiary/aromatic N) is 2. The van der Waals surface area contributed by atoms with Crippen molar-refractivity contribution in [3.63, 3.8) is 0 Å². The van der Waals surface area contributed by atoms with Gasteiger partial charge >= 0.3 is 0 Å². The Hall–Kier alpha value is -1.06. The van der Waals surface area contributed by atoms with E-state index in [1.165, 1.54) is 5.56 Å². The number of rotatable bonds is 5. The molecule has 0 aliphatic carbocycles. The number of aromatic nitrogens is 1. The van der Waals surface area contributed by atoms with Crippen molar-refractivity contribution >= 4 is 33.3 Å². The molecule has 0 amide bonds. The molecule has 20 heavy (non-hydrogen) atoms. The molecule has 2 aromatic rings. The predicted molar refractivity (Wildman–Crippen MR) is 89.4 cm³/mol. The lowest BCUT2D eigenvalue weighted by atomic mass is 10.2. The Kier molecular flexibility index (Phi) is 5.44. The smallest absolute Gasteiger partial charge is 0.129 e. The number of anilines is 1. The monoisotopic (exact) mass is 352 g/mol. The summed E-state index contributed by atoms with van der Waals surface area (Å²) < 4.78 is 1.10. The molecule has 0 saturated heterocycles. The number of halogens is 2. The van der Waals surface area contributed by atoms with E-state index in [9.17, 15) is 0 Å². The Morgan fingerprint density at radius 3 is 2.65 bits per heavy atom. The van der Waals surface area contributed by atoms with Crippen LogP contribution in [0.15, 0.2) is 40.9 Å².